The van der Waals surface area contributed by atoms with Crippen LogP contribution in [0.2, 0.25) is 0 Å². The number of nitrogens with zero attached hydrogens (tertiary/aromatic N) is 3. The molecule has 66 valence electrons. The molecule has 1 aliphatic rings. The summed E-state index contributed by atoms with van der Waals surface area (Å²) in [4.78, 5) is 4.29. The highest BCUT2D eigenvalue weighted by Crippen LogP contribution is 2.36. The molecule has 0 radical (unpaired) electrons. The second kappa shape index (κ2) is 2.31. The van der Waals surface area contributed by atoms with Gasteiger partial charge in [0.1, 0.15) is 0 Å². The lowest BCUT2D eigenvalue weighted by atomic mass is 10.3. The smallest absolute Gasteiger partial charge is 0.0898 e. The van der Waals surface area contributed by atoms with Crippen LogP contribution in [0, 0.1) is 6.92 Å². The summed E-state index contributed by atoms with van der Waals surface area (Å²) in [6.07, 6.45) is 6.31. The molecule has 0 aromatic carbocycles. The Hall–Kier alpha value is -1.38. The van der Waals surface area contributed by atoms with Gasteiger partial charge < -0.3 is 0 Å². The third-order valence-corrected chi connectivity index (χ3v) is 2.58. The number of hydrogen-bond donors (Lipinski definition) is 0. The van der Waals surface area contributed by atoms with Gasteiger partial charge in [0.15, 0.2) is 0 Å². The zero-order chi connectivity index (χ0) is 8.84. The van der Waals surface area contributed by atoms with Crippen LogP contribution in [-0.2, 0) is 0 Å². The fourth-order valence-corrected chi connectivity index (χ4v) is 1.76. The number of fused-ring (bicyclic) bond motifs is 1. The molecule has 2 aromatic heterocycles. The van der Waals surface area contributed by atoms with Crippen molar-refractivity contribution in [3.63, 3.8) is 0 Å². The zero-order valence-corrected chi connectivity index (χ0v) is 7.57. The van der Waals surface area contributed by atoms with E-state index < -0.39 is 0 Å². The highest BCUT2D eigenvalue weighted by molar-refractivity contribution is 5.80. The van der Waals surface area contributed by atoms with Gasteiger partial charge in [-0.2, -0.15) is 5.10 Å². The van der Waals surface area contributed by atoms with Crippen molar-refractivity contribution in [3.05, 3.63) is 24.2 Å². The van der Waals surface area contributed by atoms with E-state index in [2.05, 4.69) is 14.8 Å². The van der Waals surface area contributed by atoms with Gasteiger partial charge in [-0.05, 0) is 25.8 Å². The maximum Gasteiger partial charge on any atom is 0.0898 e. The van der Waals surface area contributed by atoms with E-state index >= 15 is 0 Å². The lowest BCUT2D eigenvalue weighted by Gasteiger charge is -2.01. The first-order valence-corrected chi connectivity index (χ1v) is 4.65. The van der Waals surface area contributed by atoms with Crippen LogP contribution in [0.25, 0.3) is 10.9 Å². The van der Waals surface area contributed by atoms with Crippen molar-refractivity contribution in [1.29, 1.82) is 0 Å². The van der Waals surface area contributed by atoms with Crippen molar-refractivity contribution in [2.75, 3.05) is 0 Å². The quantitative estimate of drug-likeness (QED) is 0.661. The topological polar surface area (TPSA) is 30.7 Å². The van der Waals surface area contributed by atoms with Crippen molar-refractivity contribution in [3.8, 4) is 0 Å². The summed E-state index contributed by atoms with van der Waals surface area (Å²) < 4.78 is 2.12. The molecule has 0 N–H and O–H groups in total. The molecule has 0 aliphatic heterocycles. The number of pyridine rings is 1. The molecule has 0 spiro atoms. The first-order chi connectivity index (χ1) is 6.36. The molecule has 2 aromatic rings. The van der Waals surface area contributed by atoms with Crippen LogP contribution in [-0.4, -0.2) is 14.8 Å². The Balaban J connectivity index is 2.34. The van der Waals surface area contributed by atoms with E-state index in [0.29, 0.717) is 6.04 Å². The molecule has 0 unspecified atom stereocenters. The molecule has 0 atom stereocenters. The summed E-state index contributed by atoms with van der Waals surface area (Å²) in [7, 11) is 0. The molecule has 3 rings (SSSR count). The standard InChI is InChI=1S/C10H11N3/c1-7-10-8(4-5-11-7)6-12-13(10)9-2-3-9/h4-6,9H,2-3H2,1H3. The summed E-state index contributed by atoms with van der Waals surface area (Å²) >= 11 is 0. The Morgan fingerprint density at radius 1 is 1.46 bits per heavy atom. The summed E-state index contributed by atoms with van der Waals surface area (Å²) in [6.45, 7) is 2.04. The molecule has 0 bridgehead atoms. The molecule has 0 saturated heterocycles. The summed E-state index contributed by atoms with van der Waals surface area (Å²) in [6, 6.07) is 2.66. The second-order valence-electron chi connectivity index (χ2n) is 3.65. The Kier molecular flexibility index (Phi) is 1.26. The molecule has 3 heteroatoms. The molecular weight excluding hydrogens is 162 g/mol. The van der Waals surface area contributed by atoms with E-state index in [9.17, 15) is 0 Å². The zero-order valence-electron chi connectivity index (χ0n) is 7.57. The van der Waals surface area contributed by atoms with Gasteiger partial charge in [-0.3, -0.25) is 9.67 Å². The van der Waals surface area contributed by atoms with Crippen LogP contribution in [0.1, 0.15) is 24.6 Å². The molecule has 1 fully saturated rings. The minimum atomic E-state index is 0.639. The SMILES string of the molecule is Cc1nccc2cnn(C3CC3)c12. The van der Waals surface area contributed by atoms with Crippen LogP contribution in [0.15, 0.2) is 18.5 Å². The summed E-state index contributed by atoms with van der Waals surface area (Å²) in [5.41, 5.74) is 2.30. The second-order valence-corrected chi connectivity index (χ2v) is 3.65. The van der Waals surface area contributed by atoms with Crippen LogP contribution in [0.4, 0.5) is 0 Å². The molecule has 1 aliphatic carbocycles. The number of rotatable bonds is 1. The molecular formula is C10H11N3. The van der Waals surface area contributed by atoms with Crippen molar-refractivity contribution in [1.82, 2.24) is 14.8 Å². The molecule has 2 heterocycles. The Morgan fingerprint density at radius 3 is 3.08 bits per heavy atom. The predicted octanol–water partition coefficient (Wildman–Crippen LogP) is 2.07. The minimum absolute atomic E-state index is 0.639. The van der Waals surface area contributed by atoms with E-state index in [1.807, 2.05) is 25.4 Å². The van der Waals surface area contributed by atoms with Gasteiger partial charge in [0, 0.05) is 11.6 Å². The average Bonchev–Trinajstić information content (AvgIpc) is 2.87. The largest absolute Gasteiger partial charge is 0.260 e. The van der Waals surface area contributed by atoms with Gasteiger partial charge in [0.25, 0.3) is 0 Å². The fraction of sp³-hybridized carbons (Fsp3) is 0.400. The van der Waals surface area contributed by atoms with Gasteiger partial charge in [0.2, 0.25) is 0 Å². The van der Waals surface area contributed by atoms with E-state index in [1.165, 1.54) is 23.7 Å². The molecule has 3 nitrogen and oxygen atoms in total. The maximum atomic E-state index is 4.39. The van der Waals surface area contributed by atoms with Gasteiger partial charge >= 0.3 is 0 Å². The Labute approximate surface area is 76.4 Å². The maximum absolute atomic E-state index is 4.39. The third kappa shape index (κ3) is 0.963. The van der Waals surface area contributed by atoms with Crippen LogP contribution in [0.3, 0.4) is 0 Å². The first-order valence-electron chi connectivity index (χ1n) is 4.65. The van der Waals surface area contributed by atoms with E-state index in [1.54, 1.807) is 0 Å². The number of aryl methyl sites for hydroxylation is 1. The van der Waals surface area contributed by atoms with Crippen LogP contribution >= 0.6 is 0 Å². The van der Waals surface area contributed by atoms with E-state index in [4.69, 9.17) is 0 Å². The van der Waals surface area contributed by atoms with Crippen molar-refractivity contribution >= 4 is 10.9 Å². The molecule has 13 heavy (non-hydrogen) atoms. The summed E-state index contributed by atoms with van der Waals surface area (Å²) in [5, 5.41) is 5.60. The van der Waals surface area contributed by atoms with E-state index in [0.717, 1.165) is 5.69 Å². The van der Waals surface area contributed by atoms with Gasteiger partial charge in [-0.1, -0.05) is 0 Å². The van der Waals surface area contributed by atoms with E-state index in [-0.39, 0.29) is 0 Å². The number of aromatic nitrogens is 3. The fourth-order valence-electron chi connectivity index (χ4n) is 1.76. The third-order valence-electron chi connectivity index (χ3n) is 2.58. The number of hydrogen-bond acceptors (Lipinski definition) is 2. The van der Waals surface area contributed by atoms with Crippen LogP contribution in [0.5, 0.6) is 0 Å². The van der Waals surface area contributed by atoms with Gasteiger partial charge in [-0.15, -0.1) is 0 Å². The highest BCUT2D eigenvalue weighted by atomic mass is 15.3. The van der Waals surface area contributed by atoms with Gasteiger partial charge in [-0.25, -0.2) is 0 Å². The first kappa shape index (κ1) is 7.06. The van der Waals surface area contributed by atoms with Gasteiger partial charge in [0.05, 0.1) is 23.4 Å². The lowest BCUT2D eigenvalue weighted by molar-refractivity contribution is 0.663. The van der Waals surface area contributed by atoms with Crippen molar-refractivity contribution in [2.24, 2.45) is 0 Å². The monoisotopic (exact) mass is 173 g/mol. The molecule has 0 amide bonds. The summed E-state index contributed by atoms with van der Waals surface area (Å²) in [5.74, 6) is 0. The molecule has 1 saturated carbocycles. The van der Waals surface area contributed by atoms with Crippen LogP contribution < -0.4 is 0 Å². The Bertz CT molecular complexity index is 454. The highest BCUT2D eigenvalue weighted by Gasteiger charge is 2.26. The predicted molar refractivity (Wildman–Crippen MR) is 50.5 cm³/mol. The normalized spacial score (nSPS) is 16.7. The Morgan fingerprint density at radius 2 is 2.31 bits per heavy atom. The minimum Gasteiger partial charge on any atom is -0.260 e. The average molecular weight is 173 g/mol. The lowest BCUT2D eigenvalue weighted by Crippen LogP contribution is -1.97. The van der Waals surface area contributed by atoms with Crippen molar-refractivity contribution in [2.45, 2.75) is 25.8 Å². The van der Waals surface area contributed by atoms with Crippen molar-refractivity contribution < 1.29 is 0 Å².